The van der Waals surface area contributed by atoms with Gasteiger partial charge < -0.3 is 9.73 Å². The summed E-state index contributed by atoms with van der Waals surface area (Å²) < 4.78 is 6.83. The van der Waals surface area contributed by atoms with Crippen LogP contribution in [0.15, 0.2) is 21.2 Å². The van der Waals surface area contributed by atoms with Gasteiger partial charge in [0.25, 0.3) is 0 Å². The lowest BCUT2D eigenvalue weighted by atomic mass is 9.43. The van der Waals surface area contributed by atoms with Crippen molar-refractivity contribution in [1.82, 2.24) is 5.32 Å². The van der Waals surface area contributed by atoms with E-state index in [0.29, 0.717) is 16.9 Å². The summed E-state index contributed by atoms with van der Waals surface area (Å²) in [5, 5.41) is 3.77. The first-order valence-electron chi connectivity index (χ1n) is 8.51. The molecule has 5 rings (SSSR count). The van der Waals surface area contributed by atoms with Crippen LogP contribution in [0, 0.1) is 22.7 Å². The third-order valence-electron chi connectivity index (χ3n) is 6.30. The number of hydrogen-bond acceptors (Lipinski definition) is 2. The van der Waals surface area contributed by atoms with Gasteiger partial charge in [0.05, 0.1) is 6.04 Å². The van der Waals surface area contributed by atoms with Crippen molar-refractivity contribution in [3.63, 3.8) is 0 Å². The molecule has 4 aliphatic carbocycles. The Balaban J connectivity index is 1.71. The van der Waals surface area contributed by atoms with E-state index >= 15 is 0 Å². The van der Waals surface area contributed by atoms with Gasteiger partial charge in [-0.3, -0.25) is 0 Å². The molecule has 0 aliphatic heterocycles. The normalized spacial score (nSPS) is 42.4. The Morgan fingerprint density at radius 3 is 2.52 bits per heavy atom. The summed E-state index contributed by atoms with van der Waals surface area (Å²) in [4.78, 5) is 0. The fourth-order valence-corrected chi connectivity index (χ4v) is 6.76. The van der Waals surface area contributed by atoms with Gasteiger partial charge in [-0.1, -0.05) is 13.8 Å². The van der Waals surface area contributed by atoms with Crippen molar-refractivity contribution in [2.24, 2.45) is 22.7 Å². The van der Waals surface area contributed by atoms with Crippen molar-refractivity contribution in [1.29, 1.82) is 0 Å². The summed E-state index contributed by atoms with van der Waals surface area (Å²) in [6.07, 6.45) is 8.59. The maximum Gasteiger partial charge on any atom is 0.169 e. The van der Waals surface area contributed by atoms with Gasteiger partial charge >= 0.3 is 0 Å². The third kappa shape index (κ3) is 2.31. The zero-order valence-electron chi connectivity index (χ0n) is 13.1. The highest BCUT2D eigenvalue weighted by Gasteiger charge is 2.58. The van der Waals surface area contributed by atoms with Crippen LogP contribution < -0.4 is 5.32 Å². The van der Waals surface area contributed by atoms with Crippen molar-refractivity contribution in [2.45, 2.75) is 58.4 Å². The Bertz CT molecular complexity index is 523. The molecule has 1 heterocycles. The van der Waals surface area contributed by atoms with Gasteiger partial charge in [-0.15, -0.1) is 0 Å². The van der Waals surface area contributed by atoms with Crippen molar-refractivity contribution in [2.75, 3.05) is 6.54 Å². The summed E-state index contributed by atoms with van der Waals surface area (Å²) in [7, 11) is 0. The summed E-state index contributed by atoms with van der Waals surface area (Å²) in [5.41, 5.74) is 1.01. The Kier molecular flexibility index (Phi) is 3.31. The van der Waals surface area contributed by atoms with E-state index in [-0.39, 0.29) is 0 Å². The van der Waals surface area contributed by atoms with Crippen LogP contribution in [-0.4, -0.2) is 6.54 Å². The number of rotatable bonds is 4. The predicted molar refractivity (Wildman–Crippen MR) is 88.0 cm³/mol. The fraction of sp³-hybridized carbons (Fsp3) is 0.778. The van der Waals surface area contributed by atoms with Gasteiger partial charge in [-0.25, -0.2) is 0 Å². The molecule has 0 saturated heterocycles. The van der Waals surface area contributed by atoms with Crippen molar-refractivity contribution < 1.29 is 4.42 Å². The average Bonchev–Trinajstić information content (AvgIpc) is 2.79. The largest absolute Gasteiger partial charge is 0.453 e. The molecule has 1 aromatic rings. The number of furan rings is 1. The van der Waals surface area contributed by atoms with E-state index in [0.717, 1.165) is 28.8 Å². The quantitative estimate of drug-likeness (QED) is 0.796. The summed E-state index contributed by atoms with van der Waals surface area (Å²) in [6.45, 7) is 5.77. The molecule has 3 unspecified atom stereocenters. The molecule has 1 N–H and O–H groups in total. The molecule has 116 valence electrons. The van der Waals surface area contributed by atoms with E-state index in [2.05, 4.69) is 41.2 Å². The molecule has 1 aromatic heterocycles. The van der Waals surface area contributed by atoms with Gasteiger partial charge in [0.15, 0.2) is 4.67 Å². The monoisotopic (exact) mass is 351 g/mol. The standard InChI is InChI=1S/C18H26BrNO/c1-3-20-16(14-4-5-15(19)21-14)18-9-12-6-13(10-18)8-17(2,7-12)11-18/h4-5,12-13,16,20H,3,6-11H2,1-2H3. The second-order valence-electron chi connectivity index (χ2n) is 8.27. The van der Waals surface area contributed by atoms with Gasteiger partial charge in [-0.05, 0) is 95.8 Å². The Labute approximate surface area is 136 Å². The molecule has 4 fully saturated rings. The van der Waals surface area contributed by atoms with Crippen LogP contribution in [0.1, 0.15) is 64.2 Å². The number of nitrogens with one attached hydrogen (secondary N) is 1. The van der Waals surface area contributed by atoms with E-state index in [1.54, 1.807) is 0 Å². The minimum Gasteiger partial charge on any atom is -0.453 e. The molecule has 0 aromatic carbocycles. The summed E-state index contributed by atoms with van der Waals surface area (Å²) in [5.74, 6) is 3.04. The molecule has 0 radical (unpaired) electrons. The predicted octanol–water partition coefficient (Wildman–Crippen LogP) is 5.30. The van der Waals surface area contributed by atoms with Crippen LogP contribution in [0.25, 0.3) is 0 Å². The molecule has 4 aliphatic rings. The Morgan fingerprint density at radius 1 is 1.29 bits per heavy atom. The Morgan fingerprint density at radius 2 is 2.00 bits per heavy atom. The van der Waals surface area contributed by atoms with Crippen molar-refractivity contribution in [3.05, 3.63) is 22.6 Å². The summed E-state index contributed by atoms with van der Waals surface area (Å²) in [6, 6.07) is 4.60. The van der Waals surface area contributed by atoms with Crippen molar-refractivity contribution in [3.8, 4) is 0 Å². The minimum absolute atomic E-state index is 0.388. The average molecular weight is 352 g/mol. The van der Waals surface area contributed by atoms with Crippen molar-refractivity contribution >= 4 is 15.9 Å². The second kappa shape index (κ2) is 4.86. The van der Waals surface area contributed by atoms with Gasteiger partial charge in [0, 0.05) is 0 Å². The van der Waals surface area contributed by atoms with Crippen LogP contribution in [0.4, 0.5) is 0 Å². The van der Waals surface area contributed by atoms with E-state index in [1.807, 2.05) is 6.07 Å². The van der Waals surface area contributed by atoms with Crippen LogP contribution >= 0.6 is 15.9 Å². The van der Waals surface area contributed by atoms with E-state index in [1.165, 1.54) is 38.5 Å². The highest BCUT2D eigenvalue weighted by molar-refractivity contribution is 9.10. The van der Waals surface area contributed by atoms with Gasteiger partial charge in [0.1, 0.15) is 5.76 Å². The second-order valence-corrected chi connectivity index (χ2v) is 9.05. The molecule has 3 heteroatoms. The fourth-order valence-electron chi connectivity index (χ4n) is 6.44. The first-order valence-corrected chi connectivity index (χ1v) is 9.30. The molecule has 2 nitrogen and oxygen atoms in total. The Hall–Kier alpha value is -0.280. The number of hydrogen-bond donors (Lipinski definition) is 1. The third-order valence-corrected chi connectivity index (χ3v) is 6.72. The SMILES string of the molecule is CCNC(c1ccc(Br)o1)C12CC3CC(CC(C)(C3)C1)C2. The molecule has 0 amide bonds. The molecular formula is C18H26BrNO. The number of halogens is 1. The highest BCUT2D eigenvalue weighted by atomic mass is 79.9. The highest BCUT2D eigenvalue weighted by Crippen LogP contribution is 2.68. The van der Waals surface area contributed by atoms with Crippen LogP contribution in [0.3, 0.4) is 0 Å². The van der Waals surface area contributed by atoms with E-state index in [4.69, 9.17) is 4.42 Å². The zero-order valence-corrected chi connectivity index (χ0v) is 14.7. The maximum atomic E-state index is 5.97. The topological polar surface area (TPSA) is 25.2 Å². The van der Waals surface area contributed by atoms with Crippen LogP contribution in [0.5, 0.6) is 0 Å². The molecule has 4 saturated carbocycles. The molecule has 4 bridgehead atoms. The lowest BCUT2D eigenvalue weighted by molar-refractivity contribution is -0.121. The van der Waals surface area contributed by atoms with Crippen LogP contribution in [-0.2, 0) is 0 Å². The minimum atomic E-state index is 0.388. The molecular weight excluding hydrogens is 326 g/mol. The molecule has 21 heavy (non-hydrogen) atoms. The lowest BCUT2D eigenvalue weighted by Gasteiger charge is -2.63. The van der Waals surface area contributed by atoms with Crippen LogP contribution in [0.2, 0.25) is 0 Å². The maximum absolute atomic E-state index is 5.97. The first-order chi connectivity index (χ1) is 10.0. The van der Waals surface area contributed by atoms with Gasteiger partial charge in [0.2, 0.25) is 0 Å². The molecule has 0 spiro atoms. The smallest absolute Gasteiger partial charge is 0.169 e. The lowest BCUT2D eigenvalue weighted by Crippen LogP contribution is -2.55. The van der Waals surface area contributed by atoms with E-state index in [9.17, 15) is 0 Å². The molecule has 3 atom stereocenters. The zero-order chi connectivity index (χ0) is 14.7. The van der Waals surface area contributed by atoms with Gasteiger partial charge in [-0.2, -0.15) is 0 Å². The summed E-state index contributed by atoms with van der Waals surface area (Å²) >= 11 is 3.48. The van der Waals surface area contributed by atoms with E-state index < -0.39 is 0 Å². The first kappa shape index (κ1) is 14.3.